The first-order chi connectivity index (χ1) is 34.3. The number of amides is 6. The van der Waals surface area contributed by atoms with Crippen LogP contribution in [0.25, 0.3) is 0 Å². The van der Waals surface area contributed by atoms with Crippen LogP contribution in [0.2, 0.25) is 0 Å². The van der Waals surface area contributed by atoms with Gasteiger partial charge in [-0.15, -0.1) is 0 Å². The zero-order valence-electron chi connectivity index (χ0n) is 39.2. The number of morpholine rings is 1. The predicted octanol–water partition coefficient (Wildman–Crippen LogP) is 4.50. The van der Waals surface area contributed by atoms with Crippen LogP contribution in [0.1, 0.15) is 71.5 Å². The Bertz CT molecular complexity index is 2840. The van der Waals surface area contributed by atoms with Crippen molar-refractivity contribution in [3.8, 4) is 17.6 Å². The number of rotatable bonds is 14. The van der Waals surface area contributed by atoms with E-state index < -0.39 is 89.4 Å². The maximum absolute atomic E-state index is 16.6. The van der Waals surface area contributed by atoms with Gasteiger partial charge in [0.1, 0.15) is 36.0 Å². The molecule has 17 nitrogen and oxygen atoms in total. The maximum atomic E-state index is 16.6. The van der Waals surface area contributed by atoms with Gasteiger partial charge in [0, 0.05) is 12.1 Å². The van der Waals surface area contributed by atoms with Crippen LogP contribution >= 0.6 is 0 Å². The molecule has 0 aromatic heterocycles. The number of nitrogens with zero attached hydrogens (tertiary/aromatic N) is 2. The van der Waals surface area contributed by atoms with E-state index in [0.717, 1.165) is 4.90 Å². The number of aliphatic hydroxyl groups is 2. The van der Waals surface area contributed by atoms with Gasteiger partial charge in [0.15, 0.2) is 0 Å². The largest absolute Gasteiger partial charge is 0.491 e. The van der Waals surface area contributed by atoms with E-state index in [-0.39, 0.29) is 37.6 Å². The van der Waals surface area contributed by atoms with Crippen molar-refractivity contribution in [1.82, 2.24) is 20.9 Å². The lowest BCUT2D eigenvalue weighted by atomic mass is 9.65. The van der Waals surface area contributed by atoms with Gasteiger partial charge in [0.25, 0.3) is 0 Å². The SMILES string of the molecule is COC(=O)[C@@H](NC(=O)N1C(=O)[C@@]2(c3cc(C#CCNC(N)=O)ccc31)[C@H](C(=O)NC[C@H](O)c1ccccc1)[C@H]1C(=O)O[C@H](c3ccccc3)[C@H](c3ccccc3)N1[C@@H]2c1ccc(OCCO)cc1)C(C)C. The molecule has 17 heteroatoms. The molecule has 0 radical (unpaired) electrons. The third-order valence-electron chi connectivity index (χ3n) is 13.1. The number of urea groups is 2. The summed E-state index contributed by atoms with van der Waals surface area (Å²) in [4.78, 5) is 90.2. The van der Waals surface area contributed by atoms with Crippen LogP contribution in [0, 0.1) is 23.7 Å². The Morgan fingerprint density at radius 3 is 2.10 bits per heavy atom. The van der Waals surface area contributed by atoms with E-state index in [0.29, 0.717) is 33.6 Å². The van der Waals surface area contributed by atoms with Crippen molar-refractivity contribution in [3.05, 3.63) is 167 Å². The highest BCUT2D eigenvalue weighted by atomic mass is 16.6. The highest BCUT2D eigenvalue weighted by Crippen LogP contribution is 2.66. The highest BCUT2D eigenvalue weighted by molar-refractivity contribution is 6.25. The molecule has 0 aliphatic carbocycles. The number of methoxy groups -OCH3 is 1. The number of primary amides is 1. The third kappa shape index (κ3) is 9.52. The topological polar surface area (TPSA) is 239 Å². The average Bonchev–Trinajstić information content (AvgIpc) is 3.84. The number of nitrogens with two attached hydrogens (primary N) is 1. The molecule has 5 aromatic carbocycles. The number of imide groups is 1. The molecule has 2 saturated heterocycles. The van der Waals surface area contributed by atoms with Gasteiger partial charge in [0.05, 0.1) is 50.1 Å². The minimum atomic E-state index is -2.22. The lowest BCUT2D eigenvalue weighted by Crippen LogP contribution is -2.58. The molecule has 7 N–H and O–H groups in total. The molecule has 3 aliphatic heterocycles. The molecule has 8 rings (SSSR count). The summed E-state index contributed by atoms with van der Waals surface area (Å²) in [5.41, 5.74) is 5.77. The fraction of sp³-hybridized carbons (Fsp3) is 0.296. The average molecular weight is 963 g/mol. The van der Waals surface area contributed by atoms with Gasteiger partial charge in [-0.05, 0) is 64.1 Å². The van der Waals surface area contributed by atoms with Crippen LogP contribution in [0.3, 0.4) is 0 Å². The van der Waals surface area contributed by atoms with Crippen LogP contribution < -0.4 is 31.3 Å². The molecule has 0 saturated carbocycles. The van der Waals surface area contributed by atoms with Crippen LogP contribution in [0.5, 0.6) is 5.75 Å². The van der Waals surface area contributed by atoms with E-state index in [1.807, 2.05) is 65.6 Å². The summed E-state index contributed by atoms with van der Waals surface area (Å²) in [7, 11) is 1.18. The Balaban J connectivity index is 1.43. The first kappa shape index (κ1) is 49.4. The van der Waals surface area contributed by atoms with Crippen molar-refractivity contribution in [2.45, 2.75) is 55.6 Å². The molecule has 2 fully saturated rings. The summed E-state index contributed by atoms with van der Waals surface area (Å²) < 4.78 is 17.4. The summed E-state index contributed by atoms with van der Waals surface area (Å²) in [6.45, 7) is 2.63. The van der Waals surface area contributed by atoms with E-state index in [9.17, 15) is 19.8 Å². The number of carbonyl (C=O) groups excluding carboxylic acids is 6. The number of benzene rings is 5. The predicted molar refractivity (Wildman–Crippen MR) is 259 cm³/mol. The van der Waals surface area contributed by atoms with E-state index in [1.165, 1.54) is 13.2 Å². The molecular formula is C54H54N6O11. The van der Waals surface area contributed by atoms with Crippen molar-refractivity contribution in [3.63, 3.8) is 0 Å². The molecule has 5 aromatic rings. The van der Waals surface area contributed by atoms with Crippen LogP contribution in [0.15, 0.2) is 133 Å². The smallest absolute Gasteiger partial charge is 0.329 e. The molecule has 8 atom stereocenters. The number of anilines is 1. The van der Waals surface area contributed by atoms with Gasteiger partial charge < -0.3 is 46.1 Å². The lowest BCUT2D eigenvalue weighted by Gasteiger charge is -2.46. The number of cyclic esters (lactones) is 1. The number of ether oxygens (including phenoxy) is 3. The molecule has 1 spiro atoms. The van der Waals surface area contributed by atoms with Crippen LogP contribution in [-0.4, -0.2) is 96.4 Å². The van der Waals surface area contributed by atoms with Gasteiger partial charge in [0.2, 0.25) is 11.8 Å². The second kappa shape index (κ2) is 21.3. The van der Waals surface area contributed by atoms with E-state index in [2.05, 4.69) is 27.8 Å². The van der Waals surface area contributed by atoms with Gasteiger partial charge in [-0.1, -0.05) is 129 Å². The third-order valence-corrected chi connectivity index (χ3v) is 13.1. The minimum absolute atomic E-state index is 0.0175. The fourth-order valence-corrected chi connectivity index (χ4v) is 10.1. The lowest BCUT2D eigenvalue weighted by molar-refractivity contribution is -0.178. The van der Waals surface area contributed by atoms with Crippen molar-refractivity contribution >= 4 is 41.5 Å². The number of hydrogen-bond donors (Lipinski definition) is 6. The molecular weight excluding hydrogens is 909 g/mol. The molecule has 0 unspecified atom stereocenters. The molecule has 6 amide bonds. The second-order valence-electron chi connectivity index (χ2n) is 17.7. The van der Waals surface area contributed by atoms with Gasteiger partial charge in [-0.3, -0.25) is 19.3 Å². The normalized spacial score (nSPS) is 22.0. The zero-order chi connectivity index (χ0) is 50.4. The first-order valence-corrected chi connectivity index (χ1v) is 23.1. The number of aliphatic hydroxyl groups excluding tert-OH is 2. The quantitative estimate of drug-likeness (QED) is 0.0667. The van der Waals surface area contributed by atoms with Gasteiger partial charge in [-0.2, -0.15) is 0 Å². The summed E-state index contributed by atoms with van der Waals surface area (Å²) in [5, 5.41) is 29.1. The summed E-state index contributed by atoms with van der Waals surface area (Å²) in [6, 6.07) is 31.6. The molecule has 3 heterocycles. The van der Waals surface area contributed by atoms with Crippen molar-refractivity contribution in [1.29, 1.82) is 0 Å². The summed E-state index contributed by atoms with van der Waals surface area (Å²) >= 11 is 0. The van der Waals surface area contributed by atoms with E-state index >= 15 is 19.2 Å². The fourth-order valence-electron chi connectivity index (χ4n) is 10.1. The molecule has 71 heavy (non-hydrogen) atoms. The zero-order valence-corrected chi connectivity index (χ0v) is 39.2. The number of fused-ring (bicyclic) bond motifs is 3. The molecule has 366 valence electrons. The Morgan fingerprint density at radius 2 is 1.48 bits per heavy atom. The first-order valence-electron chi connectivity index (χ1n) is 23.1. The standard InChI is InChI=1S/C54H54N6O11/c1-32(2)43(49(64)69-3)58-53(68)59-40-26-21-33(14-13-27-56-52(55)67)30-39(40)54(51(59)66)42(48(63)57-31-41(62)34-15-7-4-8-16-34)45-50(65)71-46(36-19-11-6-12-20-36)44(35-17-9-5-10-18-35)60(45)47(54)37-22-24-38(25-23-37)70-29-28-61/h4-12,15-26,30,32,41-47,61-62H,27-29,31H2,1-3H3,(H,57,63)(H,58,68)(H3,55,56,67)/t41-,42-,43-,44-,45-,46+,47+,54-/m0/s1. The molecule has 3 aliphatic rings. The number of nitrogens with one attached hydrogen (secondary N) is 3. The van der Waals surface area contributed by atoms with Crippen molar-refractivity contribution < 1.29 is 53.2 Å². The van der Waals surface area contributed by atoms with Gasteiger partial charge in [-0.25, -0.2) is 19.3 Å². The highest BCUT2D eigenvalue weighted by Gasteiger charge is 2.75. The Kier molecular flexibility index (Phi) is 14.8. The molecule has 0 bridgehead atoms. The monoisotopic (exact) mass is 962 g/mol. The van der Waals surface area contributed by atoms with Crippen molar-refractivity contribution in [2.24, 2.45) is 17.6 Å². The number of hydrogen-bond acceptors (Lipinski definition) is 12. The Labute approximate surface area is 410 Å². The van der Waals surface area contributed by atoms with E-state index in [1.54, 1.807) is 80.6 Å². The Morgan fingerprint density at radius 1 is 0.831 bits per heavy atom. The van der Waals surface area contributed by atoms with Crippen LogP contribution in [-0.2, 0) is 34.1 Å². The summed E-state index contributed by atoms with van der Waals surface area (Å²) in [6.07, 6.45) is -2.22. The van der Waals surface area contributed by atoms with Crippen molar-refractivity contribution in [2.75, 3.05) is 38.3 Å². The minimum Gasteiger partial charge on any atom is -0.491 e. The Hall–Kier alpha value is -8.04. The summed E-state index contributed by atoms with van der Waals surface area (Å²) in [5.74, 6) is 0.668. The van der Waals surface area contributed by atoms with Crippen LogP contribution in [0.4, 0.5) is 15.3 Å². The van der Waals surface area contributed by atoms with E-state index in [4.69, 9.17) is 19.9 Å². The number of esters is 2. The maximum Gasteiger partial charge on any atom is 0.329 e. The number of carbonyl (C=O) groups is 6. The second-order valence-corrected chi connectivity index (χ2v) is 17.7. The van der Waals surface area contributed by atoms with Gasteiger partial charge >= 0.3 is 24.0 Å².